The molecular weight excluding hydrogens is 244 g/mol. The summed E-state index contributed by atoms with van der Waals surface area (Å²) >= 11 is 0. The molecule has 0 saturated carbocycles. The highest BCUT2D eigenvalue weighted by molar-refractivity contribution is 5.91. The molecule has 6 heteroatoms. The van der Waals surface area contributed by atoms with Crippen LogP contribution in [0.3, 0.4) is 0 Å². The Labute approximate surface area is 111 Å². The van der Waals surface area contributed by atoms with Crippen LogP contribution in [0.5, 0.6) is 0 Å². The summed E-state index contributed by atoms with van der Waals surface area (Å²) in [6.07, 6.45) is 1.74. The molecule has 1 amide bonds. The molecule has 0 aliphatic heterocycles. The van der Waals surface area contributed by atoms with Crippen LogP contribution in [-0.2, 0) is 6.54 Å². The molecule has 0 fully saturated rings. The first-order valence-corrected chi connectivity index (χ1v) is 6.31. The number of aromatic nitrogens is 3. The number of aryl methyl sites for hydroxylation is 1. The minimum Gasteiger partial charge on any atom is -0.351 e. The predicted molar refractivity (Wildman–Crippen MR) is 69.9 cm³/mol. The molecule has 0 saturated heterocycles. The van der Waals surface area contributed by atoms with Crippen molar-refractivity contribution in [2.75, 3.05) is 6.54 Å². The van der Waals surface area contributed by atoms with Crippen molar-refractivity contribution in [3.63, 3.8) is 0 Å². The second kappa shape index (κ2) is 5.69. The van der Waals surface area contributed by atoms with E-state index in [0.29, 0.717) is 13.1 Å². The molecule has 2 rings (SSSR count). The molecule has 2 heterocycles. The van der Waals surface area contributed by atoms with E-state index in [1.54, 1.807) is 12.3 Å². The fraction of sp³-hybridized carbons (Fsp3) is 0.462. The standard InChI is InChI=1S/C13H18N4O2/c1-9(2)11-8-12(19-16-11)13(18)14-6-7-17-10(3)4-5-15-17/h4-5,8-9H,6-7H2,1-3H3,(H,14,18). The minimum atomic E-state index is -0.246. The third kappa shape index (κ3) is 3.21. The van der Waals surface area contributed by atoms with Crippen molar-refractivity contribution >= 4 is 5.91 Å². The summed E-state index contributed by atoms with van der Waals surface area (Å²) in [5.41, 5.74) is 1.85. The minimum absolute atomic E-state index is 0.246. The van der Waals surface area contributed by atoms with Gasteiger partial charge in [0.05, 0.1) is 12.2 Å². The van der Waals surface area contributed by atoms with E-state index in [1.165, 1.54) is 0 Å². The van der Waals surface area contributed by atoms with Gasteiger partial charge in [-0.1, -0.05) is 19.0 Å². The third-order valence-corrected chi connectivity index (χ3v) is 2.88. The van der Waals surface area contributed by atoms with E-state index in [1.807, 2.05) is 31.5 Å². The Kier molecular flexibility index (Phi) is 3.99. The molecule has 1 N–H and O–H groups in total. The zero-order valence-corrected chi connectivity index (χ0v) is 11.4. The van der Waals surface area contributed by atoms with Crippen LogP contribution in [-0.4, -0.2) is 27.4 Å². The first kappa shape index (κ1) is 13.3. The second-order valence-electron chi connectivity index (χ2n) is 4.72. The Bertz CT molecular complexity index is 556. The lowest BCUT2D eigenvalue weighted by Gasteiger charge is -2.04. The molecule has 0 aromatic carbocycles. The van der Waals surface area contributed by atoms with Crippen LogP contribution >= 0.6 is 0 Å². The Morgan fingerprint density at radius 3 is 2.89 bits per heavy atom. The quantitative estimate of drug-likeness (QED) is 0.890. The largest absolute Gasteiger partial charge is 0.351 e. The molecule has 0 radical (unpaired) electrons. The second-order valence-corrected chi connectivity index (χ2v) is 4.72. The Hall–Kier alpha value is -2.11. The van der Waals surface area contributed by atoms with Crippen LogP contribution in [0, 0.1) is 6.92 Å². The summed E-state index contributed by atoms with van der Waals surface area (Å²) in [6, 6.07) is 3.60. The number of hydrogen-bond acceptors (Lipinski definition) is 4. The van der Waals surface area contributed by atoms with Gasteiger partial charge in [-0.25, -0.2) is 0 Å². The monoisotopic (exact) mass is 262 g/mol. The van der Waals surface area contributed by atoms with Crippen molar-refractivity contribution in [3.05, 3.63) is 35.5 Å². The van der Waals surface area contributed by atoms with Gasteiger partial charge in [-0.05, 0) is 18.9 Å². The highest BCUT2D eigenvalue weighted by Gasteiger charge is 2.14. The van der Waals surface area contributed by atoms with Gasteiger partial charge in [-0.2, -0.15) is 5.10 Å². The van der Waals surface area contributed by atoms with Crippen LogP contribution in [0.4, 0.5) is 0 Å². The Morgan fingerprint density at radius 2 is 2.32 bits per heavy atom. The van der Waals surface area contributed by atoms with Gasteiger partial charge in [-0.15, -0.1) is 0 Å². The average Bonchev–Trinajstić information content (AvgIpc) is 2.98. The number of carbonyl (C=O) groups excluding carboxylic acids is 1. The fourth-order valence-electron chi connectivity index (χ4n) is 1.66. The van der Waals surface area contributed by atoms with Crippen molar-refractivity contribution in [1.82, 2.24) is 20.3 Å². The van der Waals surface area contributed by atoms with E-state index in [0.717, 1.165) is 11.4 Å². The topological polar surface area (TPSA) is 73.0 Å². The van der Waals surface area contributed by atoms with Crippen LogP contribution < -0.4 is 5.32 Å². The molecule has 102 valence electrons. The summed E-state index contributed by atoms with van der Waals surface area (Å²) in [5, 5.41) is 10.8. The van der Waals surface area contributed by atoms with Crippen molar-refractivity contribution in [1.29, 1.82) is 0 Å². The highest BCUT2D eigenvalue weighted by Crippen LogP contribution is 2.13. The van der Waals surface area contributed by atoms with E-state index >= 15 is 0 Å². The molecular formula is C13H18N4O2. The lowest BCUT2D eigenvalue weighted by molar-refractivity contribution is 0.0915. The van der Waals surface area contributed by atoms with Gasteiger partial charge < -0.3 is 9.84 Å². The normalized spacial score (nSPS) is 10.9. The van der Waals surface area contributed by atoms with Crippen LogP contribution in [0.25, 0.3) is 0 Å². The molecule has 19 heavy (non-hydrogen) atoms. The van der Waals surface area contributed by atoms with Crippen molar-refractivity contribution in [2.24, 2.45) is 0 Å². The third-order valence-electron chi connectivity index (χ3n) is 2.88. The maximum atomic E-state index is 11.8. The first-order valence-electron chi connectivity index (χ1n) is 6.31. The smallest absolute Gasteiger partial charge is 0.289 e. The van der Waals surface area contributed by atoms with E-state index in [2.05, 4.69) is 15.6 Å². The maximum Gasteiger partial charge on any atom is 0.289 e. The summed E-state index contributed by atoms with van der Waals surface area (Å²) in [6.45, 7) is 7.11. The van der Waals surface area contributed by atoms with Crippen molar-refractivity contribution < 1.29 is 9.32 Å². The van der Waals surface area contributed by atoms with E-state index in [-0.39, 0.29) is 17.6 Å². The summed E-state index contributed by atoms with van der Waals surface area (Å²) < 4.78 is 6.85. The lowest BCUT2D eigenvalue weighted by Crippen LogP contribution is -2.27. The average molecular weight is 262 g/mol. The maximum absolute atomic E-state index is 11.8. The van der Waals surface area contributed by atoms with E-state index in [9.17, 15) is 4.79 Å². The number of nitrogens with zero attached hydrogens (tertiary/aromatic N) is 3. The first-order chi connectivity index (χ1) is 9.08. The molecule has 0 atom stereocenters. The number of hydrogen-bond donors (Lipinski definition) is 1. The highest BCUT2D eigenvalue weighted by atomic mass is 16.5. The van der Waals surface area contributed by atoms with E-state index < -0.39 is 0 Å². The molecule has 2 aromatic rings. The molecule has 0 aliphatic rings. The Balaban J connectivity index is 1.85. The van der Waals surface area contributed by atoms with Gasteiger partial charge in [0.15, 0.2) is 0 Å². The van der Waals surface area contributed by atoms with Gasteiger partial charge >= 0.3 is 0 Å². The summed E-state index contributed by atoms with van der Waals surface area (Å²) in [5.74, 6) is 0.252. The molecule has 0 aliphatic carbocycles. The van der Waals surface area contributed by atoms with Crippen molar-refractivity contribution in [3.8, 4) is 0 Å². The van der Waals surface area contributed by atoms with Crippen LogP contribution in [0.2, 0.25) is 0 Å². The number of rotatable bonds is 5. The zero-order chi connectivity index (χ0) is 13.8. The number of carbonyl (C=O) groups is 1. The molecule has 0 bridgehead atoms. The predicted octanol–water partition coefficient (Wildman–Crippen LogP) is 1.73. The fourth-order valence-corrected chi connectivity index (χ4v) is 1.66. The Morgan fingerprint density at radius 1 is 1.53 bits per heavy atom. The van der Waals surface area contributed by atoms with Crippen LogP contribution in [0.1, 0.15) is 41.7 Å². The van der Waals surface area contributed by atoms with Gasteiger partial charge in [0.25, 0.3) is 5.91 Å². The van der Waals surface area contributed by atoms with Gasteiger partial charge in [0, 0.05) is 24.5 Å². The van der Waals surface area contributed by atoms with Gasteiger partial charge in [-0.3, -0.25) is 9.48 Å². The van der Waals surface area contributed by atoms with Crippen LogP contribution in [0.15, 0.2) is 22.9 Å². The molecule has 0 unspecified atom stereocenters. The summed E-state index contributed by atoms with van der Waals surface area (Å²) in [4.78, 5) is 11.8. The van der Waals surface area contributed by atoms with E-state index in [4.69, 9.17) is 4.52 Å². The SMILES string of the molecule is Cc1ccnn1CCNC(=O)c1cc(C(C)C)no1. The number of nitrogens with one attached hydrogen (secondary N) is 1. The van der Waals surface area contributed by atoms with Gasteiger partial charge in [0.1, 0.15) is 0 Å². The van der Waals surface area contributed by atoms with Gasteiger partial charge in [0.2, 0.25) is 5.76 Å². The molecule has 6 nitrogen and oxygen atoms in total. The number of amides is 1. The zero-order valence-electron chi connectivity index (χ0n) is 11.4. The molecule has 2 aromatic heterocycles. The molecule has 0 spiro atoms. The summed E-state index contributed by atoms with van der Waals surface area (Å²) in [7, 11) is 0. The van der Waals surface area contributed by atoms with Crippen molar-refractivity contribution in [2.45, 2.75) is 33.2 Å². The lowest BCUT2D eigenvalue weighted by atomic mass is 10.1.